The summed E-state index contributed by atoms with van der Waals surface area (Å²) in [4.78, 5) is 18.3. The molecule has 55 heavy (non-hydrogen) atoms. The molecule has 1 spiro atoms. The topological polar surface area (TPSA) is 137 Å². The Kier molecular flexibility index (Phi) is 8.90. The number of nitrogens with one attached hydrogen (secondary N) is 2. The molecule has 0 radical (unpaired) electrons. The third-order valence-corrected chi connectivity index (χ3v) is 15.6. The van der Waals surface area contributed by atoms with Crippen LogP contribution >= 0.6 is 11.3 Å². The number of aromatic nitrogens is 3. The van der Waals surface area contributed by atoms with Crippen molar-refractivity contribution in [3.8, 4) is 21.8 Å². The van der Waals surface area contributed by atoms with Gasteiger partial charge in [0.05, 0.1) is 33.5 Å². The molecule has 5 heterocycles. The Balaban J connectivity index is 1.05. The number of halogens is 3. The second kappa shape index (κ2) is 13.6. The summed E-state index contributed by atoms with van der Waals surface area (Å²) in [6, 6.07) is 19.1. The van der Waals surface area contributed by atoms with Gasteiger partial charge in [-0.2, -0.15) is 0 Å². The lowest BCUT2D eigenvalue weighted by molar-refractivity contribution is 0.153. The number of fused-ring (bicyclic) bond motifs is 2. The van der Waals surface area contributed by atoms with Crippen molar-refractivity contribution in [2.24, 2.45) is 5.41 Å². The van der Waals surface area contributed by atoms with E-state index in [1.165, 1.54) is 35.1 Å². The molecule has 2 atom stereocenters. The first kappa shape index (κ1) is 36.1. The van der Waals surface area contributed by atoms with Crippen LogP contribution in [0.5, 0.6) is 0 Å². The number of sulfone groups is 1. The standard InChI is InChI=1S/C38H36F3N7O4S3/c39-28-9-5-10-29(40)35(28)55(51,52)46-30-11-4-8-27(32(30)41)33-34(31-14-15-42-36(44-31)43-24-16-38(17-24)21-54(49,50)22-38)53-37(45-33)48-25-12-13-26(48)20-47(19-25)18-23-6-2-1-3-7-23/h1-11,14-15,24-26,46H,12-13,16-22H2,(H,42,43,44). The van der Waals surface area contributed by atoms with Crippen LogP contribution in [0.1, 0.15) is 31.2 Å². The van der Waals surface area contributed by atoms with E-state index in [4.69, 9.17) is 9.97 Å². The smallest absolute Gasteiger partial charge is 0.267 e. The Labute approximate surface area is 320 Å². The zero-order valence-corrected chi connectivity index (χ0v) is 31.8. The minimum absolute atomic E-state index is 0.00601. The lowest BCUT2D eigenvalue weighted by Gasteiger charge is -2.53. The molecule has 2 bridgehead atoms. The number of thiazole rings is 1. The van der Waals surface area contributed by atoms with Gasteiger partial charge in [0, 0.05) is 54.9 Å². The number of hydrogen-bond acceptors (Lipinski definition) is 11. The second-order valence-electron chi connectivity index (χ2n) is 15.0. The highest BCUT2D eigenvalue weighted by molar-refractivity contribution is 7.93. The summed E-state index contributed by atoms with van der Waals surface area (Å²) < 4.78 is 97.7. The van der Waals surface area contributed by atoms with Gasteiger partial charge in [0.1, 0.15) is 11.6 Å². The first-order valence-corrected chi connectivity index (χ1v) is 22.1. The number of rotatable bonds is 10. The maximum absolute atomic E-state index is 16.6. The van der Waals surface area contributed by atoms with Crippen LogP contribution in [0, 0.1) is 22.9 Å². The van der Waals surface area contributed by atoms with Crippen LogP contribution in [0.4, 0.5) is 29.9 Å². The van der Waals surface area contributed by atoms with Gasteiger partial charge in [-0.15, -0.1) is 0 Å². The van der Waals surface area contributed by atoms with Gasteiger partial charge < -0.3 is 10.2 Å². The van der Waals surface area contributed by atoms with Crippen molar-refractivity contribution in [2.45, 2.75) is 55.2 Å². The average Bonchev–Trinajstić information content (AvgIpc) is 3.66. The molecule has 1 aliphatic carbocycles. The summed E-state index contributed by atoms with van der Waals surface area (Å²) >= 11 is 1.36. The molecule has 3 aromatic carbocycles. The maximum atomic E-state index is 16.6. The van der Waals surface area contributed by atoms with Gasteiger partial charge in [0.25, 0.3) is 10.0 Å². The van der Waals surface area contributed by atoms with Gasteiger partial charge in [0.2, 0.25) is 5.95 Å². The molecule has 0 amide bonds. The van der Waals surface area contributed by atoms with E-state index in [2.05, 4.69) is 32.2 Å². The summed E-state index contributed by atoms with van der Waals surface area (Å²) in [5.74, 6) is -2.85. The van der Waals surface area contributed by atoms with Crippen LogP contribution in [-0.2, 0) is 26.4 Å². The number of anilines is 3. The molecule has 17 heteroatoms. The molecule has 4 aliphatic rings. The van der Waals surface area contributed by atoms with Gasteiger partial charge >= 0.3 is 0 Å². The van der Waals surface area contributed by atoms with E-state index < -0.39 is 47.9 Å². The normalized spacial score (nSPS) is 21.6. The number of hydrogen-bond donors (Lipinski definition) is 2. The number of sulfonamides is 1. The fourth-order valence-electron chi connectivity index (χ4n) is 8.73. The highest BCUT2D eigenvalue weighted by Gasteiger charge is 2.56. The third-order valence-electron chi connectivity index (χ3n) is 11.0. The van der Waals surface area contributed by atoms with Crippen LogP contribution in [-0.4, -0.2) is 79.4 Å². The highest BCUT2D eigenvalue weighted by atomic mass is 32.2. The lowest BCUT2D eigenvalue weighted by atomic mass is 9.67. The van der Waals surface area contributed by atoms with Gasteiger partial charge in [-0.3, -0.25) is 9.62 Å². The Hall–Kier alpha value is -4.58. The maximum Gasteiger partial charge on any atom is 0.267 e. The Bertz CT molecular complexity index is 2470. The molecular formula is C38H36F3N7O4S3. The Morgan fingerprint density at radius 1 is 0.873 bits per heavy atom. The number of likely N-dealkylation sites (tertiary alicyclic amines) is 1. The van der Waals surface area contributed by atoms with Gasteiger partial charge in [-0.25, -0.2) is 45.0 Å². The zero-order valence-electron chi connectivity index (χ0n) is 29.3. The Morgan fingerprint density at radius 3 is 2.25 bits per heavy atom. The van der Waals surface area contributed by atoms with Crippen LogP contribution in [0.15, 0.2) is 83.9 Å². The molecule has 2 aromatic heterocycles. The highest BCUT2D eigenvalue weighted by Crippen LogP contribution is 2.51. The van der Waals surface area contributed by atoms with Crippen LogP contribution in [0.2, 0.25) is 0 Å². The monoisotopic (exact) mass is 807 g/mol. The van der Waals surface area contributed by atoms with Crippen molar-refractivity contribution in [2.75, 3.05) is 39.5 Å². The van der Waals surface area contributed by atoms with Gasteiger partial charge in [0.15, 0.2) is 25.7 Å². The van der Waals surface area contributed by atoms with E-state index in [1.807, 2.05) is 22.9 Å². The number of nitrogens with zero attached hydrogens (tertiary/aromatic N) is 5. The zero-order chi connectivity index (χ0) is 38.1. The van der Waals surface area contributed by atoms with Crippen molar-refractivity contribution < 1.29 is 30.0 Å². The molecule has 2 unspecified atom stereocenters. The molecule has 5 aromatic rings. The van der Waals surface area contributed by atoms with E-state index >= 15 is 4.39 Å². The SMILES string of the molecule is O=S1(=O)CC2(CC(Nc3nccc(-c4sc(N5C6CCC5CN(Cc5ccccc5)C6)nc4-c4cccc(NS(=O)(=O)c5c(F)cccc5F)c4F)n3)C2)C1. The van der Waals surface area contributed by atoms with Gasteiger partial charge in [-0.05, 0) is 61.6 Å². The van der Waals surface area contributed by atoms with Crippen LogP contribution < -0.4 is 14.9 Å². The predicted molar refractivity (Wildman–Crippen MR) is 204 cm³/mol. The van der Waals surface area contributed by atoms with Crippen LogP contribution in [0.3, 0.4) is 0 Å². The van der Waals surface area contributed by atoms with E-state index in [-0.39, 0.29) is 46.3 Å². The molecule has 4 fully saturated rings. The van der Waals surface area contributed by atoms with E-state index in [0.29, 0.717) is 34.5 Å². The first-order valence-electron chi connectivity index (χ1n) is 18.0. The number of benzene rings is 3. The predicted octanol–water partition coefficient (Wildman–Crippen LogP) is 6.33. The molecular weight excluding hydrogens is 772 g/mol. The fraction of sp³-hybridized carbons (Fsp3) is 0.342. The first-order chi connectivity index (χ1) is 26.4. The fourth-order valence-corrected chi connectivity index (χ4v) is 13.4. The minimum atomic E-state index is -4.86. The van der Waals surface area contributed by atoms with E-state index in [0.717, 1.165) is 50.7 Å². The van der Waals surface area contributed by atoms with Crippen LogP contribution in [0.25, 0.3) is 21.8 Å². The van der Waals surface area contributed by atoms with Gasteiger partial charge in [-0.1, -0.05) is 53.8 Å². The summed E-state index contributed by atoms with van der Waals surface area (Å²) in [6.45, 7) is 2.47. The largest absolute Gasteiger partial charge is 0.351 e. The molecule has 2 N–H and O–H groups in total. The lowest BCUT2D eigenvalue weighted by Crippen LogP contribution is -2.60. The summed E-state index contributed by atoms with van der Waals surface area (Å²) in [6.07, 6.45) is 4.90. The third kappa shape index (κ3) is 6.84. The quantitative estimate of drug-likeness (QED) is 0.165. The van der Waals surface area contributed by atoms with Crippen molar-refractivity contribution in [1.82, 2.24) is 19.9 Å². The summed E-state index contributed by atoms with van der Waals surface area (Å²) in [5, 5.41) is 4.00. The summed E-state index contributed by atoms with van der Waals surface area (Å²) in [5.41, 5.74) is 1.22. The summed E-state index contributed by atoms with van der Waals surface area (Å²) in [7, 11) is -7.82. The number of piperazine rings is 1. The van der Waals surface area contributed by atoms with Crippen molar-refractivity contribution in [3.05, 3.63) is 102 Å². The molecule has 286 valence electrons. The molecule has 1 saturated carbocycles. The average molecular weight is 808 g/mol. The van der Waals surface area contributed by atoms with Crippen molar-refractivity contribution >= 4 is 48.0 Å². The molecule has 9 rings (SSSR count). The second-order valence-corrected chi connectivity index (χ2v) is 19.7. The molecule has 3 saturated heterocycles. The van der Waals surface area contributed by atoms with Crippen molar-refractivity contribution in [3.63, 3.8) is 0 Å². The van der Waals surface area contributed by atoms with E-state index in [9.17, 15) is 25.6 Å². The van der Waals surface area contributed by atoms with E-state index in [1.54, 1.807) is 12.3 Å². The van der Waals surface area contributed by atoms with Crippen molar-refractivity contribution in [1.29, 1.82) is 0 Å². The Morgan fingerprint density at radius 2 is 1.56 bits per heavy atom. The molecule has 11 nitrogen and oxygen atoms in total. The molecule has 3 aliphatic heterocycles. The minimum Gasteiger partial charge on any atom is -0.351 e.